The molecule has 1 aromatic carbocycles. The van der Waals surface area contributed by atoms with E-state index in [-0.39, 0.29) is 11.8 Å². The molecule has 1 aromatic rings. The third-order valence-corrected chi connectivity index (χ3v) is 5.28. The Morgan fingerprint density at radius 2 is 2.19 bits per heavy atom. The Kier molecular flexibility index (Phi) is 6.02. The van der Waals surface area contributed by atoms with Crippen molar-refractivity contribution in [2.24, 2.45) is 0 Å². The molecule has 1 heterocycles. The van der Waals surface area contributed by atoms with Crippen molar-refractivity contribution in [3.63, 3.8) is 0 Å². The molecule has 21 heavy (non-hydrogen) atoms. The average molecular weight is 313 g/mol. The molecule has 0 saturated carbocycles. The van der Waals surface area contributed by atoms with Crippen LogP contribution in [-0.2, 0) is 25.9 Å². The number of hydrogen-bond acceptors (Lipinski definition) is 5. The molecule has 1 fully saturated rings. The average Bonchev–Trinajstić information content (AvgIpc) is 2.43. The van der Waals surface area contributed by atoms with Gasteiger partial charge in [0.2, 0.25) is 0 Å². The van der Waals surface area contributed by atoms with E-state index in [2.05, 4.69) is 5.32 Å². The summed E-state index contributed by atoms with van der Waals surface area (Å²) in [6.07, 6.45) is 1.63. The third kappa shape index (κ3) is 5.65. The van der Waals surface area contributed by atoms with Crippen LogP contribution < -0.4 is 5.32 Å². The summed E-state index contributed by atoms with van der Waals surface area (Å²) in [4.78, 5) is 0. The number of anilines is 1. The van der Waals surface area contributed by atoms with E-state index < -0.39 is 9.84 Å². The van der Waals surface area contributed by atoms with Crippen molar-refractivity contribution in [1.82, 2.24) is 0 Å². The van der Waals surface area contributed by atoms with Crippen molar-refractivity contribution < 1.29 is 17.9 Å². The maximum absolute atomic E-state index is 11.6. The van der Waals surface area contributed by atoms with Crippen molar-refractivity contribution in [2.45, 2.75) is 25.5 Å². The molecule has 1 N–H and O–H groups in total. The lowest BCUT2D eigenvalue weighted by Crippen LogP contribution is -2.34. The van der Waals surface area contributed by atoms with Gasteiger partial charge in [0.15, 0.2) is 9.84 Å². The second kappa shape index (κ2) is 7.77. The van der Waals surface area contributed by atoms with E-state index in [9.17, 15) is 8.42 Å². The zero-order chi connectivity index (χ0) is 15.1. The van der Waals surface area contributed by atoms with Crippen molar-refractivity contribution >= 4 is 15.5 Å². The van der Waals surface area contributed by atoms with E-state index in [0.29, 0.717) is 25.6 Å². The summed E-state index contributed by atoms with van der Waals surface area (Å²) in [5.41, 5.74) is 2.01. The SMILES string of the molecule is COCCOCc1cccc(NC2CCCS(=O)(=O)C2)c1. The summed E-state index contributed by atoms with van der Waals surface area (Å²) in [5.74, 6) is 0.542. The molecule has 1 unspecified atom stereocenters. The third-order valence-electron chi connectivity index (χ3n) is 3.46. The number of rotatable bonds is 7. The number of nitrogens with one attached hydrogen (secondary N) is 1. The van der Waals surface area contributed by atoms with Gasteiger partial charge in [-0.25, -0.2) is 8.42 Å². The molecule has 2 rings (SSSR count). The highest BCUT2D eigenvalue weighted by Gasteiger charge is 2.24. The van der Waals surface area contributed by atoms with Crippen molar-refractivity contribution in [3.05, 3.63) is 29.8 Å². The van der Waals surface area contributed by atoms with Gasteiger partial charge in [-0.1, -0.05) is 12.1 Å². The molecule has 0 aliphatic carbocycles. The van der Waals surface area contributed by atoms with Crippen LogP contribution in [-0.4, -0.2) is 46.3 Å². The summed E-state index contributed by atoms with van der Waals surface area (Å²) in [5, 5.41) is 3.32. The Balaban J connectivity index is 1.88. The fourth-order valence-electron chi connectivity index (χ4n) is 2.46. The Morgan fingerprint density at radius 1 is 1.33 bits per heavy atom. The van der Waals surface area contributed by atoms with Crippen molar-refractivity contribution in [2.75, 3.05) is 37.1 Å². The molecule has 0 amide bonds. The first-order valence-electron chi connectivity index (χ1n) is 7.22. The zero-order valence-corrected chi connectivity index (χ0v) is 13.2. The molecule has 118 valence electrons. The maximum Gasteiger partial charge on any atom is 0.152 e. The lowest BCUT2D eigenvalue weighted by molar-refractivity contribution is 0.0617. The highest BCUT2D eigenvalue weighted by Crippen LogP contribution is 2.18. The number of benzene rings is 1. The molecule has 6 heteroatoms. The summed E-state index contributed by atoms with van der Waals surface area (Å²) in [7, 11) is -1.24. The minimum Gasteiger partial charge on any atom is -0.382 e. The molecule has 0 radical (unpaired) electrons. The largest absolute Gasteiger partial charge is 0.382 e. The van der Waals surface area contributed by atoms with Gasteiger partial charge < -0.3 is 14.8 Å². The van der Waals surface area contributed by atoms with E-state index in [0.717, 1.165) is 24.1 Å². The topological polar surface area (TPSA) is 64.6 Å². The van der Waals surface area contributed by atoms with Crippen LogP contribution in [0.2, 0.25) is 0 Å². The smallest absolute Gasteiger partial charge is 0.152 e. The first-order chi connectivity index (χ1) is 10.1. The van der Waals surface area contributed by atoms with Gasteiger partial charge in [0.25, 0.3) is 0 Å². The van der Waals surface area contributed by atoms with Crippen LogP contribution in [0.15, 0.2) is 24.3 Å². The standard InChI is InChI=1S/C15H23NO4S/c1-19-7-8-20-11-13-4-2-5-14(10-13)16-15-6-3-9-21(17,18)12-15/h2,4-5,10,15-16H,3,6-9,11-12H2,1H3. The first-order valence-corrected chi connectivity index (χ1v) is 9.04. The second-order valence-electron chi connectivity index (χ2n) is 5.34. The Hall–Kier alpha value is -1.11. The number of ether oxygens (including phenoxy) is 2. The van der Waals surface area contributed by atoms with Gasteiger partial charge in [-0.3, -0.25) is 0 Å². The summed E-state index contributed by atoms with van der Waals surface area (Å²) < 4.78 is 33.7. The summed E-state index contributed by atoms with van der Waals surface area (Å²) in [6, 6.07) is 7.92. The number of sulfone groups is 1. The highest BCUT2D eigenvalue weighted by atomic mass is 32.2. The predicted octanol–water partition coefficient (Wildman–Crippen LogP) is 1.84. The van der Waals surface area contributed by atoms with E-state index in [1.807, 2.05) is 24.3 Å². The quantitative estimate of drug-likeness (QED) is 0.778. The molecular formula is C15H23NO4S. The zero-order valence-electron chi connectivity index (χ0n) is 12.4. The van der Waals surface area contributed by atoms with Crippen molar-refractivity contribution in [3.8, 4) is 0 Å². The number of methoxy groups -OCH3 is 1. The van der Waals surface area contributed by atoms with Gasteiger partial charge in [0, 0.05) is 18.8 Å². The fourth-order valence-corrected chi connectivity index (χ4v) is 4.09. The van der Waals surface area contributed by atoms with Crippen LogP contribution in [0, 0.1) is 0 Å². The fraction of sp³-hybridized carbons (Fsp3) is 0.600. The Bertz CT molecular complexity index is 544. The lowest BCUT2D eigenvalue weighted by atomic mass is 10.1. The van der Waals surface area contributed by atoms with Gasteiger partial charge in [0.1, 0.15) is 0 Å². The highest BCUT2D eigenvalue weighted by molar-refractivity contribution is 7.91. The van der Waals surface area contributed by atoms with Gasteiger partial charge in [-0.15, -0.1) is 0 Å². The van der Waals surface area contributed by atoms with E-state index in [4.69, 9.17) is 9.47 Å². The van der Waals surface area contributed by atoms with Gasteiger partial charge in [-0.05, 0) is 30.5 Å². The molecule has 1 aliphatic rings. The van der Waals surface area contributed by atoms with Crippen LogP contribution >= 0.6 is 0 Å². The van der Waals surface area contributed by atoms with E-state index in [1.54, 1.807) is 7.11 Å². The second-order valence-corrected chi connectivity index (χ2v) is 7.57. The minimum atomic E-state index is -2.88. The predicted molar refractivity (Wildman–Crippen MR) is 83.3 cm³/mol. The summed E-state index contributed by atoms with van der Waals surface area (Å²) >= 11 is 0. The molecule has 0 aromatic heterocycles. The molecule has 5 nitrogen and oxygen atoms in total. The van der Waals surface area contributed by atoms with Gasteiger partial charge in [-0.2, -0.15) is 0 Å². The minimum absolute atomic E-state index is 0.00779. The van der Waals surface area contributed by atoms with Crippen LogP contribution in [0.3, 0.4) is 0 Å². The monoisotopic (exact) mass is 313 g/mol. The van der Waals surface area contributed by atoms with Gasteiger partial charge >= 0.3 is 0 Å². The lowest BCUT2D eigenvalue weighted by Gasteiger charge is -2.24. The van der Waals surface area contributed by atoms with E-state index in [1.165, 1.54) is 0 Å². The molecule has 1 saturated heterocycles. The van der Waals surface area contributed by atoms with Crippen LogP contribution in [0.4, 0.5) is 5.69 Å². The normalized spacial score (nSPS) is 21.1. The Labute approximate surface area is 126 Å². The maximum atomic E-state index is 11.6. The van der Waals surface area contributed by atoms with Crippen molar-refractivity contribution in [1.29, 1.82) is 0 Å². The first kappa shape index (κ1) is 16.3. The van der Waals surface area contributed by atoms with Crippen LogP contribution in [0.25, 0.3) is 0 Å². The molecule has 1 atom stereocenters. The van der Waals surface area contributed by atoms with Crippen LogP contribution in [0.1, 0.15) is 18.4 Å². The van der Waals surface area contributed by atoms with E-state index >= 15 is 0 Å². The van der Waals surface area contributed by atoms with Crippen LogP contribution in [0.5, 0.6) is 0 Å². The molecule has 0 bridgehead atoms. The molecule has 1 aliphatic heterocycles. The molecular weight excluding hydrogens is 290 g/mol. The summed E-state index contributed by atoms with van der Waals surface area (Å²) in [6.45, 7) is 1.68. The molecule has 0 spiro atoms. The number of hydrogen-bond donors (Lipinski definition) is 1. The Morgan fingerprint density at radius 3 is 2.95 bits per heavy atom. The van der Waals surface area contributed by atoms with Gasteiger partial charge in [0.05, 0.1) is 31.3 Å².